The van der Waals surface area contributed by atoms with Gasteiger partial charge in [0.2, 0.25) is 0 Å². The van der Waals surface area contributed by atoms with E-state index in [-0.39, 0.29) is 0 Å². The maximum atomic E-state index is 2.36. The van der Waals surface area contributed by atoms with Crippen molar-refractivity contribution in [3.63, 3.8) is 0 Å². The van der Waals surface area contributed by atoms with Gasteiger partial charge in [0.15, 0.2) is 0 Å². The van der Waals surface area contributed by atoms with Gasteiger partial charge in [-0.15, -0.1) is 0 Å². The molecule has 0 spiro atoms. The zero-order valence-corrected chi connectivity index (χ0v) is 13.1. The molecule has 0 aliphatic carbocycles. The van der Waals surface area contributed by atoms with Crippen molar-refractivity contribution in [2.24, 2.45) is 7.05 Å². The second-order valence-corrected chi connectivity index (χ2v) is 5.52. The molecule has 3 aromatic rings. The number of para-hydroxylation sites is 1. The summed E-state index contributed by atoms with van der Waals surface area (Å²) < 4.78 is 4.53. The predicted molar refractivity (Wildman–Crippen MR) is 88.5 cm³/mol. The second-order valence-electron chi connectivity index (χ2n) is 5.52. The Morgan fingerprint density at radius 3 is 2.67 bits per heavy atom. The number of aryl methyl sites for hydroxylation is 2. The van der Waals surface area contributed by atoms with Gasteiger partial charge in [-0.25, -0.2) is 4.57 Å². The molecule has 0 aliphatic heterocycles. The molecule has 2 aromatic heterocycles. The lowest BCUT2D eigenvalue weighted by Gasteiger charge is -2.07. The minimum Gasteiger partial charge on any atom is -0.237 e. The van der Waals surface area contributed by atoms with Crippen molar-refractivity contribution < 1.29 is 4.57 Å². The van der Waals surface area contributed by atoms with Gasteiger partial charge in [0.1, 0.15) is 11.2 Å². The Bertz CT molecular complexity index is 838. The minimum absolute atomic E-state index is 1.18. The monoisotopic (exact) mass is 277 g/mol. The summed E-state index contributed by atoms with van der Waals surface area (Å²) in [6.07, 6.45) is 4.26. The van der Waals surface area contributed by atoms with Crippen LogP contribution in [0.25, 0.3) is 22.3 Å². The van der Waals surface area contributed by atoms with E-state index in [0.717, 1.165) is 0 Å². The number of aromatic nitrogens is 2. The number of fused-ring (bicyclic) bond motifs is 1. The maximum absolute atomic E-state index is 2.36. The van der Waals surface area contributed by atoms with Gasteiger partial charge in [-0.05, 0) is 44.0 Å². The minimum atomic E-state index is 1.18. The van der Waals surface area contributed by atoms with Crippen LogP contribution in [0.5, 0.6) is 0 Å². The van der Waals surface area contributed by atoms with E-state index in [4.69, 9.17) is 0 Å². The van der Waals surface area contributed by atoms with Crippen molar-refractivity contribution >= 4 is 16.5 Å². The lowest BCUT2D eigenvalue weighted by atomic mass is 10.1. The van der Waals surface area contributed by atoms with Crippen LogP contribution in [0.3, 0.4) is 0 Å². The van der Waals surface area contributed by atoms with Crippen LogP contribution in [-0.4, -0.2) is 4.57 Å². The van der Waals surface area contributed by atoms with Crippen molar-refractivity contribution in [3.05, 3.63) is 66.0 Å². The zero-order chi connectivity index (χ0) is 15.0. The molecule has 0 unspecified atom stereocenters. The van der Waals surface area contributed by atoms with Crippen LogP contribution >= 0.6 is 0 Å². The molecule has 0 saturated heterocycles. The first kappa shape index (κ1) is 13.6. The van der Waals surface area contributed by atoms with Crippen molar-refractivity contribution in [2.45, 2.75) is 20.8 Å². The third kappa shape index (κ3) is 2.17. The Labute approximate surface area is 126 Å². The summed E-state index contributed by atoms with van der Waals surface area (Å²) in [5.74, 6) is 1.18. The van der Waals surface area contributed by atoms with E-state index in [2.05, 4.69) is 91.7 Å². The molecule has 3 rings (SSSR count). The van der Waals surface area contributed by atoms with Crippen LogP contribution in [0, 0.1) is 6.92 Å². The van der Waals surface area contributed by atoms with Crippen LogP contribution in [-0.2, 0) is 7.05 Å². The molecule has 1 aromatic carbocycles. The molecule has 0 bridgehead atoms. The van der Waals surface area contributed by atoms with E-state index < -0.39 is 0 Å². The van der Waals surface area contributed by atoms with Gasteiger partial charge in [0.25, 0.3) is 5.82 Å². The van der Waals surface area contributed by atoms with Gasteiger partial charge in [0.05, 0.1) is 13.2 Å². The fraction of sp³-hybridized carbons (Fsp3) is 0.211. The number of allylic oxidation sites excluding steroid dienone is 2. The summed E-state index contributed by atoms with van der Waals surface area (Å²) in [5.41, 5.74) is 5.13. The molecule has 0 aliphatic rings. The Morgan fingerprint density at radius 1 is 1.14 bits per heavy atom. The molecule has 0 amide bonds. The standard InChI is InChI=1S/C19H21N2/c1-5-14(2)17-13-16-10-8-9-15(3)19(16)21(17)18-11-6-7-12-20(18)4/h5-13H,1-4H3/q+1. The highest BCUT2D eigenvalue weighted by Crippen LogP contribution is 2.29. The summed E-state index contributed by atoms with van der Waals surface area (Å²) in [5, 5.41) is 1.29. The van der Waals surface area contributed by atoms with Gasteiger partial charge in [-0.3, -0.25) is 0 Å². The number of nitrogens with zero attached hydrogens (tertiary/aromatic N) is 2. The molecular weight excluding hydrogens is 256 g/mol. The van der Waals surface area contributed by atoms with E-state index in [9.17, 15) is 0 Å². The Kier molecular flexibility index (Phi) is 3.38. The van der Waals surface area contributed by atoms with Crippen LogP contribution < -0.4 is 4.57 Å². The Balaban J connectivity index is 2.47. The third-order valence-corrected chi connectivity index (χ3v) is 4.12. The van der Waals surface area contributed by atoms with E-state index in [1.165, 1.54) is 33.6 Å². The van der Waals surface area contributed by atoms with Crippen LogP contribution in [0.1, 0.15) is 25.1 Å². The molecule has 2 nitrogen and oxygen atoms in total. The number of hydrogen-bond acceptors (Lipinski definition) is 0. The van der Waals surface area contributed by atoms with E-state index >= 15 is 0 Å². The highest BCUT2D eigenvalue weighted by atomic mass is 15.1. The van der Waals surface area contributed by atoms with Gasteiger partial charge >= 0.3 is 0 Å². The van der Waals surface area contributed by atoms with Gasteiger partial charge in [0, 0.05) is 11.5 Å². The van der Waals surface area contributed by atoms with Gasteiger partial charge in [-0.1, -0.05) is 30.3 Å². The first-order chi connectivity index (χ1) is 10.1. The maximum Gasteiger partial charge on any atom is 0.286 e. The topological polar surface area (TPSA) is 8.81 Å². The first-order valence-corrected chi connectivity index (χ1v) is 7.33. The van der Waals surface area contributed by atoms with Crippen molar-refractivity contribution in [3.8, 4) is 5.82 Å². The number of hydrogen-bond donors (Lipinski definition) is 0. The molecule has 0 atom stereocenters. The highest BCUT2D eigenvalue weighted by Gasteiger charge is 2.21. The smallest absolute Gasteiger partial charge is 0.237 e. The fourth-order valence-corrected chi connectivity index (χ4v) is 2.86. The number of pyridine rings is 1. The van der Waals surface area contributed by atoms with Crippen LogP contribution in [0.2, 0.25) is 0 Å². The SMILES string of the molecule is CC=C(C)c1cc2cccc(C)c2n1-c1cccc[n+]1C. The summed E-state index contributed by atoms with van der Waals surface area (Å²) in [7, 11) is 2.09. The lowest BCUT2D eigenvalue weighted by molar-refractivity contribution is -0.665. The van der Waals surface area contributed by atoms with E-state index in [0.29, 0.717) is 0 Å². The fourth-order valence-electron chi connectivity index (χ4n) is 2.86. The Morgan fingerprint density at radius 2 is 1.95 bits per heavy atom. The molecule has 106 valence electrons. The molecule has 21 heavy (non-hydrogen) atoms. The van der Waals surface area contributed by atoms with Gasteiger partial charge in [-0.2, -0.15) is 4.57 Å². The summed E-state index contributed by atoms with van der Waals surface area (Å²) >= 11 is 0. The molecule has 2 heteroatoms. The molecule has 2 heterocycles. The Hall–Kier alpha value is -2.35. The molecule has 0 saturated carbocycles. The second kappa shape index (κ2) is 5.21. The van der Waals surface area contributed by atoms with E-state index in [1.54, 1.807) is 0 Å². The van der Waals surface area contributed by atoms with Crippen molar-refractivity contribution in [2.75, 3.05) is 0 Å². The molecule has 0 fully saturated rings. The van der Waals surface area contributed by atoms with Gasteiger partial charge < -0.3 is 0 Å². The van der Waals surface area contributed by atoms with Crippen molar-refractivity contribution in [1.29, 1.82) is 0 Å². The normalized spacial score (nSPS) is 12.1. The van der Waals surface area contributed by atoms with Crippen LogP contribution in [0.15, 0.2) is 54.7 Å². The number of benzene rings is 1. The largest absolute Gasteiger partial charge is 0.286 e. The summed E-state index contributed by atoms with van der Waals surface area (Å²) in [6, 6.07) is 15.1. The zero-order valence-electron chi connectivity index (χ0n) is 13.1. The van der Waals surface area contributed by atoms with Crippen molar-refractivity contribution in [1.82, 2.24) is 4.57 Å². The predicted octanol–water partition coefficient (Wildman–Crippen LogP) is 4.19. The van der Waals surface area contributed by atoms with Crippen LogP contribution in [0.4, 0.5) is 0 Å². The van der Waals surface area contributed by atoms with E-state index in [1.807, 2.05) is 0 Å². The molecule has 0 radical (unpaired) electrons. The average Bonchev–Trinajstić information content (AvgIpc) is 2.87. The summed E-state index contributed by atoms with van der Waals surface area (Å²) in [6.45, 7) is 6.44. The molecular formula is C19H21N2+. The molecule has 0 N–H and O–H groups in total. The average molecular weight is 277 g/mol. The first-order valence-electron chi connectivity index (χ1n) is 7.33. The summed E-state index contributed by atoms with van der Waals surface area (Å²) in [4.78, 5) is 0. The highest BCUT2D eigenvalue weighted by molar-refractivity contribution is 5.89. The third-order valence-electron chi connectivity index (χ3n) is 4.12. The number of rotatable bonds is 2. The lowest BCUT2D eigenvalue weighted by Crippen LogP contribution is -2.33. The quantitative estimate of drug-likeness (QED) is 0.621.